The van der Waals surface area contributed by atoms with Crippen molar-refractivity contribution in [2.24, 2.45) is 0 Å². The number of ketones is 1. The van der Waals surface area contributed by atoms with Crippen LogP contribution in [-0.2, 0) is 11.4 Å². The van der Waals surface area contributed by atoms with Gasteiger partial charge in [0.25, 0.3) is 0 Å². The number of allylic oxidation sites excluding steroid dienone is 1. The molecule has 0 amide bonds. The molecule has 2 rings (SSSR count). The quantitative estimate of drug-likeness (QED) is 0.407. The molecule has 4 nitrogen and oxygen atoms in total. The minimum atomic E-state index is -1.25. The number of aliphatic carboxylic acids is 1. The van der Waals surface area contributed by atoms with Crippen LogP contribution in [0.4, 0.5) is 0 Å². The SMILES string of the molecule is O=C([O-])/C=C/c1ccc(/C=C/C(=O)c2cccc(CO)c2)cc1.[K+]. The van der Waals surface area contributed by atoms with Gasteiger partial charge in [0.05, 0.1) is 12.6 Å². The second-order valence-electron chi connectivity index (χ2n) is 4.88. The summed E-state index contributed by atoms with van der Waals surface area (Å²) in [7, 11) is 0. The second kappa shape index (κ2) is 10.5. The Balaban J connectivity index is 0.00000288. The van der Waals surface area contributed by atoms with Crippen LogP contribution < -0.4 is 56.5 Å². The number of carbonyl (C=O) groups is 2. The van der Waals surface area contributed by atoms with E-state index in [1.165, 1.54) is 12.2 Å². The molecule has 0 fully saturated rings. The van der Waals surface area contributed by atoms with Crippen molar-refractivity contribution in [3.8, 4) is 0 Å². The summed E-state index contributed by atoms with van der Waals surface area (Å²) in [6.45, 7) is -0.105. The molecule has 2 aromatic carbocycles. The number of carbonyl (C=O) groups excluding carboxylic acids is 2. The molecule has 0 radical (unpaired) electrons. The molecule has 5 heteroatoms. The van der Waals surface area contributed by atoms with Gasteiger partial charge in [0.2, 0.25) is 0 Å². The molecule has 0 aliphatic carbocycles. The predicted molar refractivity (Wildman–Crippen MR) is 86.2 cm³/mol. The number of hydrogen-bond donors (Lipinski definition) is 1. The van der Waals surface area contributed by atoms with Crippen molar-refractivity contribution in [1.29, 1.82) is 0 Å². The van der Waals surface area contributed by atoms with E-state index in [0.717, 1.165) is 17.2 Å². The molecule has 2 aromatic rings. The maximum absolute atomic E-state index is 12.1. The summed E-state index contributed by atoms with van der Waals surface area (Å²) in [4.78, 5) is 22.4. The number of aliphatic hydroxyl groups excluding tert-OH is 1. The van der Waals surface area contributed by atoms with E-state index >= 15 is 0 Å². The Labute approximate surface area is 182 Å². The van der Waals surface area contributed by atoms with Gasteiger partial charge in [-0.3, -0.25) is 4.79 Å². The predicted octanol–water partition coefficient (Wildman–Crippen LogP) is -1.16. The molecule has 0 aliphatic rings. The van der Waals surface area contributed by atoms with Gasteiger partial charge >= 0.3 is 51.4 Å². The average Bonchev–Trinajstić information content (AvgIpc) is 2.58. The summed E-state index contributed by atoms with van der Waals surface area (Å²) in [5.41, 5.74) is 2.75. The van der Waals surface area contributed by atoms with Crippen LogP contribution >= 0.6 is 0 Å². The van der Waals surface area contributed by atoms with Crippen molar-refractivity contribution in [2.45, 2.75) is 6.61 Å². The van der Waals surface area contributed by atoms with E-state index in [0.29, 0.717) is 11.1 Å². The second-order valence-corrected chi connectivity index (χ2v) is 4.88. The van der Waals surface area contributed by atoms with Crippen LogP contribution in [0.5, 0.6) is 0 Å². The molecule has 0 unspecified atom stereocenters. The third-order valence-corrected chi connectivity index (χ3v) is 3.17. The molecule has 0 aromatic heterocycles. The molecule has 24 heavy (non-hydrogen) atoms. The van der Waals surface area contributed by atoms with E-state index in [1.54, 1.807) is 54.6 Å². The fourth-order valence-electron chi connectivity index (χ4n) is 1.97. The average molecular weight is 346 g/mol. The van der Waals surface area contributed by atoms with Crippen LogP contribution in [0.3, 0.4) is 0 Å². The standard InChI is InChI=1S/C19H16O4.K/c20-13-16-2-1-3-17(12-16)18(21)10-8-14-4-6-15(7-5-14)9-11-19(22)23;/h1-12,20H,13H2,(H,22,23);/q;+1/p-1/b10-8+,11-9+;. The topological polar surface area (TPSA) is 77.4 Å². The number of carboxylic acid groups (broad SMARTS) is 1. The Bertz CT molecular complexity index is 761. The molecule has 116 valence electrons. The number of carboxylic acids is 1. The number of aliphatic hydroxyl groups is 1. The summed E-state index contributed by atoms with van der Waals surface area (Å²) in [6, 6.07) is 13.9. The zero-order valence-electron chi connectivity index (χ0n) is 13.3. The van der Waals surface area contributed by atoms with Gasteiger partial charge in [-0.05, 0) is 34.9 Å². The van der Waals surface area contributed by atoms with Gasteiger partial charge in [-0.2, -0.15) is 0 Å². The van der Waals surface area contributed by atoms with Crippen LogP contribution in [0, 0.1) is 0 Å². The summed E-state index contributed by atoms with van der Waals surface area (Å²) >= 11 is 0. The Morgan fingerprint density at radius 2 is 1.54 bits per heavy atom. The number of hydrogen-bond acceptors (Lipinski definition) is 4. The van der Waals surface area contributed by atoms with Crippen molar-refractivity contribution >= 4 is 23.9 Å². The van der Waals surface area contributed by atoms with Gasteiger partial charge in [-0.25, -0.2) is 0 Å². The molecule has 0 aliphatic heterocycles. The maximum Gasteiger partial charge on any atom is 1.00 e. The number of rotatable bonds is 6. The van der Waals surface area contributed by atoms with Gasteiger partial charge in [0, 0.05) is 5.56 Å². The molecular weight excluding hydrogens is 331 g/mol. The Morgan fingerprint density at radius 1 is 0.958 bits per heavy atom. The minimum absolute atomic E-state index is 0. The van der Waals surface area contributed by atoms with Crippen LogP contribution in [-0.4, -0.2) is 16.9 Å². The third-order valence-electron chi connectivity index (χ3n) is 3.17. The van der Waals surface area contributed by atoms with Gasteiger partial charge in [-0.15, -0.1) is 0 Å². The van der Waals surface area contributed by atoms with E-state index in [1.807, 2.05) is 0 Å². The fourth-order valence-corrected chi connectivity index (χ4v) is 1.97. The molecule has 1 N–H and O–H groups in total. The maximum atomic E-state index is 12.1. The van der Waals surface area contributed by atoms with Gasteiger partial charge in [-0.1, -0.05) is 54.6 Å². The molecule has 0 saturated heterocycles. The van der Waals surface area contributed by atoms with E-state index in [2.05, 4.69) is 0 Å². The number of benzene rings is 2. The Morgan fingerprint density at radius 3 is 2.08 bits per heavy atom. The zero-order chi connectivity index (χ0) is 16.7. The van der Waals surface area contributed by atoms with Gasteiger partial charge < -0.3 is 15.0 Å². The van der Waals surface area contributed by atoms with E-state index in [9.17, 15) is 14.7 Å². The van der Waals surface area contributed by atoms with Gasteiger partial charge in [0.15, 0.2) is 5.78 Å². The minimum Gasteiger partial charge on any atom is -0.545 e. The summed E-state index contributed by atoms with van der Waals surface area (Å²) in [5, 5.41) is 19.4. The summed E-state index contributed by atoms with van der Waals surface area (Å²) in [6.07, 6.45) is 5.54. The van der Waals surface area contributed by atoms with Gasteiger partial charge in [0.1, 0.15) is 0 Å². The first kappa shape index (κ1) is 20.7. The fraction of sp³-hybridized carbons (Fsp3) is 0.0526. The summed E-state index contributed by atoms with van der Waals surface area (Å²) in [5.74, 6) is -1.40. The van der Waals surface area contributed by atoms with Crippen LogP contribution in [0.2, 0.25) is 0 Å². The normalized spacial score (nSPS) is 10.7. The van der Waals surface area contributed by atoms with Crippen molar-refractivity contribution in [3.63, 3.8) is 0 Å². The van der Waals surface area contributed by atoms with E-state index in [4.69, 9.17) is 5.11 Å². The smallest absolute Gasteiger partial charge is 0.545 e. The first-order valence-corrected chi connectivity index (χ1v) is 7.00. The first-order valence-electron chi connectivity index (χ1n) is 7.00. The molecule has 0 bridgehead atoms. The van der Waals surface area contributed by atoms with Crippen LogP contribution in [0.25, 0.3) is 12.2 Å². The van der Waals surface area contributed by atoms with Crippen molar-refractivity contribution in [2.75, 3.05) is 0 Å². The van der Waals surface area contributed by atoms with Crippen molar-refractivity contribution in [1.82, 2.24) is 0 Å². The van der Waals surface area contributed by atoms with Crippen molar-refractivity contribution in [3.05, 3.63) is 82.9 Å². The molecule has 0 spiro atoms. The van der Waals surface area contributed by atoms with E-state index < -0.39 is 5.97 Å². The first-order chi connectivity index (χ1) is 11.1. The van der Waals surface area contributed by atoms with Crippen molar-refractivity contribution < 1.29 is 71.2 Å². The summed E-state index contributed by atoms with van der Waals surface area (Å²) < 4.78 is 0. The zero-order valence-corrected chi connectivity index (χ0v) is 16.4. The van der Waals surface area contributed by atoms with Crippen LogP contribution in [0.15, 0.2) is 60.7 Å². The van der Waals surface area contributed by atoms with E-state index in [-0.39, 0.29) is 63.8 Å². The monoisotopic (exact) mass is 346 g/mol. The molecular formula is C19H15KO4. The largest absolute Gasteiger partial charge is 1.00 e. The molecule has 0 saturated carbocycles. The van der Waals surface area contributed by atoms with Crippen LogP contribution in [0.1, 0.15) is 27.0 Å². The third kappa shape index (κ3) is 6.64. The molecule has 0 heterocycles. The Kier molecular flexibility index (Phi) is 9.06. The Hall–Kier alpha value is -1.34. The molecule has 0 atom stereocenters.